The van der Waals surface area contributed by atoms with Gasteiger partial charge in [-0.15, -0.1) is 0 Å². The lowest BCUT2D eigenvalue weighted by molar-refractivity contribution is -0.123. The lowest BCUT2D eigenvalue weighted by Crippen LogP contribution is -2.47. The van der Waals surface area contributed by atoms with Crippen molar-refractivity contribution in [1.82, 2.24) is 16.0 Å². The van der Waals surface area contributed by atoms with Crippen molar-refractivity contribution in [1.29, 1.82) is 5.41 Å². The molecule has 8 heteroatoms. The van der Waals surface area contributed by atoms with Gasteiger partial charge in [0.2, 0.25) is 5.91 Å². The Morgan fingerprint density at radius 3 is 1.36 bits per heavy atom. The molecular formula is C37H75N5O3. The summed E-state index contributed by atoms with van der Waals surface area (Å²) in [6.07, 6.45) is 33.9. The summed E-state index contributed by atoms with van der Waals surface area (Å²) >= 11 is 0. The van der Waals surface area contributed by atoms with Gasteiger partial charge >= 0.3 is 6.09 Å². The first-order valence-electron chi connectivity index (χ1n) is 19.3. The standard InChI is InChI=1S/C37H75N5O3/c1-3-5-7-9-11-13-15-16-17-18-19-20-22-24-26-28-33-45-37(44)42-34(30-29-32-41-36(38)39)35(43)40-31-27-25-23-21-14-12-10-8-6-4-2/h34H,3-33H2,1-2H3,(H,40,43)(H,42,44)(H4,38,39,41). The molecule has 0 radical (unpaired) electrons. The monoisotopic (exact) mass is 638 g/mol. The Morgan fingerprint density at radius 1 is 0.556 bits per heavy atom. The van der Waals surface area contributed by atoms with Gasteiger partial charge in [0.1, 0.15) is 6.04 Å². The van der Waals surface area contributed by atoms with Crippen LogP contribution in [-0.4, -0.2) is 43.7 Å². The highest BCUT2D eigenvalue weighted by Crippen LogP contribution is 2.14. The molecule has 0 saturated carbocycles. The van der Waals surface area contributed by atoms with E-state index in [1.807, 2.05) is 0 Å². The van der Waals surface area contributed by atoms with Gasteiger partial charge in [-0.1, -0.05) is 168 Å². The maximum atomic E-state index is 12.8. The SMILES string of the molecule is CCCCCCCCCCCCCCCCCCOC(=O)NC(CCCNC(=N)N)C(=O)NCCCCCCCCCCCC. The highest BCUT2D eigenvalue weighted by molar-refractivity contribution is 5.85. The first kappa shape index (κ1) is 43.0. The van der Waals surface area contributed by atoms with E-state index < -0.39 is 12.1 Å². The third kappa shape index (κ3) is 33.2. The summed E-state index contributed by atoms with van der Waals surface area (Å²) in [5.74, 6) is -0.267. The minimum absolute atomic E-state index is 0.0943. The van der Waals surface area contributed by atoms with Gasteiger partial charge in [-0.25, -0.2) is 4.79 Å². The maximum absolute atomic E-state index is 12.8. The maximum Gasteiger partial charge on any atom is 0.407 e. The van der Waals surface area contributed by atoms with Gasteiger partial charge in [-0.3, -0.25) is 10.2 Å². The summed E-state index contributed by atoms with van der Waals surface area (Å²) in [6, 6.07) is -0.653. The fraction of sp³-hybridized carbons (Fsp3) is 0.919. The summed E-state index contributed by atoms with van der Waals surface area (Å²) in [4.78, 5) is 25.3. The topological polar surface area (TPSA) is 129 Å². The third-order valence-electron chi connectivity index (χ3n) is 8.65. The predicted molar refractivity (Wildman–Crippen MR) is 192 cm³/mol. The van der Waals surface area contributed by atoms with E-state index in [1.54, 1.807) is 0 Å². The highest BCUT2D eigenvalue weighted by Gasteiger charge is 2.20. The zero-order valence-electron chi connectivity index (χ0n) is 29.8. The molecule has 0 aliphatic carbocycles. The van der Waals surface area contributed by atoms with Gasteiger partial charge < -0.3 is 26.4 Å². The average molecular weight is 638 g/mol. The Labute approximate surface area is 278 Å². The Bertz CT molecular complexity index is 676. The number of alkyl carbamates (subject to hydrolysis) is 1. The average Bonchev–Trinajstić information content (AvgIpc) is 3.02. The number of carbonyl (C=O) groups is 2. The van der Waals surface area contributed by atoms with E-state index in [1.165, 1.54) is 141 Å². The predicted octanol–water partition coefficient (Wildman–Crippen LogP) is 9.64. The van der Waals surface area contributed by atoms with Crippen molar-refractivity contribution >= 4 is 18.0 Å². The van der Waals surface area contributed by atoms with Crippen molar-refractivity contribution in [3.63, 3.8) is 0 Å². The molecule has 0 aromatic heterocycles. The Kier molecular flexibility index (Phi) is 33.3. The molecular weight excluding hydrogens is 562 g/mol. The molecule has 0 aliphatic rings. The number of nitrogens with two attached hydrogens (primary N) is 1. The molecule has 0 heterocycles. The number of hydrogen-bond acceptors (Lipinski definition) is 4. The molecule has 0 aromatic rings. The van der Waals surface area contributed by atoms with Crippen LogP contribution in [0.5, 0.6) is 0 Å². The van der Waals surface area contributed by atoms with E-state index in [4.69, 9.17) is 15.9 Å². The first-order valence-corrected chi connectivity index (χ1v) is 19.3. The zero-order chi connectivity index (χ0) is 33.1. The van der Waals surface area contributed by atoms with Crippen LogP contribution < -0.4 is 21.7 Å². The molecule has 2 amide bonds. The van der Waals surface area contributed by atoms with Crippen LogP contribution in [-0.2, 0) is 9.53 Å². The van der Waals surface area contributed by atoms with Gasteiger partial charge in [0.25, 0.3) is 0 Å². The lowest BCUT2D eigenvalue weighted by atomic mass is 10.0. The van der Waals surface area contributed by atoms with Crippen molar-refractivity contribution in [2.24, 2.45) is 5.73 Å². The van der Waals surface area contributed by atoms with Crippen molar-refractivity contribution in [3.05, 3.63) is 0 Å². The van der Waals surface area contributed by atoms with Crippen molar-refractivity contribution in [3.8, 4) is 0 Å². The molecule has 266 valence electrons. The summed E-state index contributed by atoms with van der Waals surface area (Å²) in [5, 5.41) is 15.8. The Hall–Kier alpha value is -1.99. The van der Waals surface area contributed by atoms with Crippen LogP contribution in [0.4, 0.5) is 4.79 Å². The van der Waals surface area contributed by atoms with E-state index >= 15 is 0 Å². The number of hydrogen-bond donors (Lipinski definition) is 5. The molecule has 0 bridgehead atoms. The molecule has 0 saturated heterocycles. The quantitative estimate of drug-likeness (QED) is 0.0272. The van der Waals surface area contributed by atoms with Crippen LogP contribution in [0.2, 0.25) is 0 Å². The van der Waals surface area contributed by atoms with Gasteiger partial charge in [0, 0.05) is 13.1 Å². The number of unbranched alkanes of at least 4 members (excludes halogenated alkanes) is 24. The molecule has 0 fully saturated rings. The van der Waals surface area contributed by atoms with E-state index in [9.17, 15) is 9.59 Å². The molecule has 0 aromatic carbocycles. The number of ether oxygens (including phenoxy) is 1. The highest BCUT2D eigenvalue weighted by atomic mass is 16.5. The van der Waals surface area contributed by atoms with Crippen molar-refractivity contribution in [2.45, 2.75) is 200 Å². The van der Waals surface area contributed by atoms with Gasteiger partial charge in [0.15, 0.2) is 5.96 Å². The van der Waals surface area contributed by atoms with Crippen LogP contribution in [0, 0.1) is 5.41 Å². The fourth-order valence-corrected chi connectivity index (χ4v) is 5.74. The van der Waals surface area contributed by atoms with Crippen molar-refractivity contribution in [2.75, 3.05) is 19.7 Å². The van der Waals surface area contributed by atoms with Crippen LogP contribution in [0.25, 0.3) is 0 Å². The summed E-state index contributed by atoms with van der Waals surface area (Å²) in [7, 11) is 0. The van der Waals surface area contributed by atoms with Crippen LogP contribution in [0.3, 0.4) is 0 Å². The molecule has 0 spiro atoms. The summed E-state index contributed by atoms with van der Waals surface area (Å²) in [6.45, 7) is 6.00. The number of guanidine groups is 1. The van der Waals surface area contributed by atoms with Gasteiger partial charge in [0.05, 0.1) is 6.61 Å². The summed E-state index contributed by atoms with van der Waals surface area (Å²) in [5.41, 5.74) is 5.36. The van der Waals surface area contributed by atoms with Crippen LogP contribution in [0.15, 0.2) is 0 Å². The van der Waals surface area contributed by atoms with Crippen LogP contribution in [0.1, 0.15) is 194 Å². The van der Waals surface area contributed by atoms with Gasteiger partial charge in [-0.2, -0.15) is 0 Å². The number of carbonyl (C=O) groups excluding carboxylic acids is 2. The molecule has 1 unspecified atom stereocenters. The Balaban J connectivity index is 3.94. The minimum Gasteiger partial charge on any atom is -0.450 e. The van der Waals surface area contributed by atoms with Gasteiger partial charge in [-0.05, 0) is 25.7 Å². The smallest absolute Gasteiger partial charge is 0.407 e. The molecule has 1 atom stereocenters. The lowest BCUT2D eigenvalue weighted by Gasteiger charge is -2.18. The largest absolute Gasteiger partial charge is 0.450 e. The molecule has 45 heavy (non-hydrogen) atoms. The molecule has 0 rings (SSSR count). The van der Waals surface area contributed by atoms with Crippen LogP contribution >= 0.6 is 0 Å². The van der Waals surface area contributed by atoms with E-state index in [-0.39, 0.29) is 11.9 Å². The normalized spacial score (nSPS) is 11.7. The second kappa shape index (κ2) is 34.9. The number of rotatable bonds is 34. The number of nitrogens with one attached hydrogen (secondary N) is 4. The summed E-state index contributed by atoms with van der Waals surface area (Å²) < 4.78 is 5.40. The molecule has 6 N–H and O–H groups in total. The molecule has 8 nitrogen and oxygen atoms in total. The van der Waals surface area contributed by atoms with Crippen molar-refractivity contribution < 1.29 is 14.3 Å². The second-order valence-corrected chi connectivity index (χ2v) is 13.1. The second-order valence-electron chi connectivity index (χ2n) is 13.1. The Morgan fingerprint density at radius 2 is 0.933 bits per heavy atom. The third-order valence-corrected chi connectivity index (χ3v) is 8.65. The fourth-order valence-electron chi connectivity index (χ4n) is 5.74. The van der Waals surface area contributed by atoms with E-state index in [2.05, 4.69) is 29.8 Å². The minimum atomic E-state index is -0.653. The number of amides is 2. The zero-order valence-corrected chi connectivity index (χ0v) is 29.8. The molecule has 0 aliphatic heterocycles. The van der Waals surface area contributed by atoms with E-state index in [0.717, 1.165) is 25.7 Å². The van der Waals surface area contributed by atoms with E-state index in [0.29, 0.717) is 32.5 Å². The first-order chi connectivity index (χ1) is 22.0.